The summed E-state index contributed by atoms with van der Waals surface area (Å²) in [5, 5.41) is 2.87. The van der Waals surface area contributed by atoms with Gasteiger partial charge in [-0.2, -0.15) is 0 Å². The summed E-state index contributed by atoms with van der Waals surface area (Å²) in [4.78, 5) is 40.6. The van der Waals surface area contributed by atoms with E-state index < -0.39 is 25.8 Å². The van der Waals surface area contributed by atoms with Gasteiger partial charge in [-0.3, -0.25) is 9.69 Å². The smallest absolute Gasteiger partial charge is 0.410 e. The van der Waals surface area contributed by atoms with Crippen molar-refractivity contribution in [3.63, 3.8) is 0 Å². The van der Waals surface area contributed by atoms with Gasteiger partial charge in [0.1, 0.15) is 37.6 Å². The number of anilines is 1. The Kier molecular flexibility index (Phi) is 10.7. The average molecular weight is 566 g/mol. The largest absolute Gasteiger partial charge is 0.444 e. The third-order valence-corrected chi connectivity index (χ3v) is 13.8. The number of nitrogens with one attached hydrogen (secondary N) is 1. The Balaban J connectivity index is 2.59. The van der Waals surface area contributed by atoms with E-state index in [1.807, 2.05) is 19.9 Å². The van der Waals surface area contributed by atoms with Crippen molar-refractivity contribution in [2.75, 3.05) is 12.4 Å². The molecule has 0 saturated carbocycles. The molecule has 8 nitrogen and oxygen atoms in total. The van der Waals surface area contributed by atoms with Gasteiger partial charge >= 0.3 is 6.09 Å². The van der Waals surface area contributed by atoms with Gasteiger partial charge in [-0.1, -0.05) is 47.5 Å². The minimum atomic E-state index is -2.05. The number of hydrogen-bond donors (Lipinski definition) is 1. The second-order valence-electron chi connectivity index (χ2n) is 12.4. The number of nitrogens with zero attached hydrogens (tertiary/aromatic N) is 4. The van der Waals surface area contributed by atoms with Crippen molar-refractivity contribution >= 4 is 25.9 Å². The van der Waals surface area contributed by atoms with E-state index in [0.29, 0.717) is 28.1 Å². The van der Waals surface area contributed by atoms with Crippen LogP contribution in [0.15, 0.2) is 18.5 Å². The number of carbonyl (C=O) groups is 2. The summed E-state index contributed by atoms with van der Waals surface area (Å²) in [6.45, 7) is 24.5. The Morgan fingerprint density at radius 3 is 1.95 bits per heavy atom. The first kappa shape index (κ1) is 33.0. The van der Waals surface area contributed by atoms with Crippen LogP contribution in [0.1, 0.15) is 86.3 Å². The van der Waals surface area contributed by atoms with Gasteiger partial charge in [0.2, 0.25) is 5.91 Å². The number of pyridine rings is 1. The number of ether oxygens (including phenoxy) is 1. The molecule has 2 amide bonds. The van der Waals surface area contributed by atoms with Gasteiger partial charge in [0.05, 0.1) is 0 Å². The molecule has 218 valence electrons. The number of aromatic nitrogens is 3. The molecule has 0 radical (unpaired) electrons. The summed E-state index contributed by atoms with van der Waals surface area (Å²) in [7, 11) is -0.511. The topological polar surface area (TPSA) is 97.3 Å². The van der Waals surface area contributed by atoms with E-state index in [1.165, 1.54) is 4.90 Å². The summed E-state index contributed by atoms with van der Waals surface area (Å²) >= 11 is 0. The van der Waals surface area contributed by atoms with Crippen LogP contribution in [0.25, 0.3) is 11.1 Å². The predicted molar refractivity (Wildman–Crippen MR) is 165 cm³/mol. The lowest BCUT2D eigenvalue weighted by Gasteiger charge is -2.38. The molecule has 0 aliphatic rings. The molecule has 0 spiro atoms. The predicted octanol–water partition coefficient (Wildman–Crippen LogP) is 6.92. The molecule has 0 aliphatic heterocycles. The van der Waals surface area contributed by atoms with Crippen molar-refractivity contribution in [3.8, 4) is 22.6 Å². The van der Waals surface area contributed by atoms with Gasteiger partial charge in [0.25, 0.3) is 0 Å². The fourth-order valence-electron chi connectivity index (χ4n) is 5.31. The zero-order valence-electron chi connectivity index (χ0n) is 26.6. The average Bonchev–Trinajstić information content (AvgIpc) is 2.82. The van der Waals surface area contributed by atoms with Crippen LogP contribution >= 0.6 is 0 Å². The highest BCUT2D eigenvalue weighted by Gasteiger charge is 2.41. The number of rotatable bonds is 7. The number of aryl methyl sites for hydroxylation is 2. The van der Waals surface area contributed by atoms with Crippen molar-refractivity contribution in [1.29, 1.82) is 0 Å². The van der Waals surface area contributed by atoms with E-state index in [-0.39, 0.29) is 5.91 Å². The molecule has 2 aromatic heterocycles. The van der Waals surface area contributed by atoms with E-state index >= 15 is 0 Å². The summed E-state index contributed by atoms with van der Waals surface area (Å²) in [6, 6.07) is 2.89. The molecule has 0 saturated heterocycles. The van der Waals surface area contributed by atoms with Gasteiger partial charge in [-0.25, -0.2) is 19.7 Å². The second-order valence-corrected chi connectivity index (χ2v) is 18.0. The number of amides is 2. The highest BCUT2D eigenvalue weighted by Crippen LogP contribution is 2.41. The molecule has 0 bridgehead atoms. The molecule has 1 N–H and O–H groups in total. The van der Waals surface area contributed by atoms with E-state index in [4.69, 9.17) is 9.72 Å². The zero-order chi connectivity index (χ0) is 30.6. The maximum atomic E-state index is 13.1. The van der Waals surface area contributed by atoms with E-state index in [1.54, 1.807) is 47.1 Å². The van der Waals surface area contributed by atoms with Crippen LogP contribution < -0.4 is 5.32 Å². The molecule has 2 heterocycles. The van der Waals surface area contributed by atoms with Crippen LogP contribution in [-0.2, 0) is 9.53 Å². The van der Waals surface area contributed by atoms with E-state index in [2.05, 4.69) is 68.3 Å². The summed E-state index contributed by atoms with van der Waals surface area (Å²) in [5.41, 5.74) is 8.44. The summed E-state index contributed by atoms with van der Waals surface area (Å²) < 4.78 is 5.41. The normalized spacial score (nSPS) is 12.7. The van der Waals surface area contributed by atoms with Gasteiger partial charge in [0, 0.05) is 29.6 Å². The summed E-state index contributed by atoms with van der Waals surface area (Å²) in [5.74, 6) is 3.45. The highest BCUT2D eigenvalue weighted by molar-refractivity contribution is 6.90. The molecular weight excluding hydrogens is 518 g/mol. The van der Waals surface area contributed by atoms with Crippen LogP contribution in [0.4, 0.5) is 10.6 Å². The first-order valence-electron chi connectivity index (χ1n) is 14.0. The van der Waals surface area contributed by atoms with Crippen LogP contribution in [-0.4, -0.2) is 58.6 Å². The number of carbonyl (C=O) groups excluding carboxylic acids is 2. The molecule has 40 heavy (non-hydrogen) atoms. The van der Waals surface area contributed by atoms with Crippen molar-refractivity contribution in [2.45, 2.75) is 111 Å². The van der Waals surface area contributed by atoms with Crippen molar-refractivity contribution in [2.24, 2.45) is 0 Å². The molecular formula is C31H47N5O3Si. The third-order valence-electron chi connectivity index (χ3n) is 7.55. The first-order valence-corrected chi connectivity index (χ1v) is 16.2. The molecule has 2 aromatic rings. The lowest BCUT2D eigenvalue weighted by Crippen LogP contribution is -2.45. The van der Waals surface area contributed by atoms with Crippen molar-refractivity contribution in [1.82, 2.24) is 19.9 Å². The van der Waals surface area contributed by atoms with Gasteiger partial charge in [-0.05, 0) is 70.3 Å². The second kappa shape index (κ2) is 12.9. The zero-order valence-corrected chi connectivity index (χ0v) is 27.6. The molecule has 1 atom stereocenters. The molecule has 0 aromatic carbocycles. The van der Waals surface area contributed by atoms with Crippen molar-refractivity contribution < 1.29 is 14.3 Å². The fraction of sp³-hybridized carbons (Fsp3) is 0.581. The molecule has 0 fully saturated rings. The van der Waals surface area contributed by atoms with Crippen LogP contribution in [0.5, 0.6) is 0 Å². The maximum Gasteiger partial charge on any atom is 0.410 e. The van der Waals surface area contributed by atoms with Crippen LogP contribution in [0.2, 0.25) is 16.6 Å². The lowest BCUT2D eigenvalue weighted by molar-refractivity contribution is -0.120. The Labute approximate surface area is 241 Å². The Morgan fingerprint density at radius 1 is 0.950 bits per heavy atom. The Hall–Kier alpha value is -3.25. The molecule has 0 aliphatic carbocycles. The fourth-order valence-corrected chi connectivity index (χ4v) is 10.5. The van der Waals surface area contributed by atoms with E-state index in [9.17, 15) is 9.59 Å². The Bertz CT molecular complexity index is 1250. The standard InChI is InChI=1S/C31H47N5O3Si/c1-19(2)40(20(3)4,21(5)6)17-16-26-25(28-22(7)32-18-33-23(28)8)14-15-27(34-26)35-29(37)24(9)36(13)30(38)39-31(10,11)12/h14-15,18-21,24H,1-13H3,(H,34,35,37). The van der Waals surface area contributed by atoms with E-state index in [0.717, 1.165) is 22.5 Å². The van der Waals surface area contributed by atoms with Gasteiger partial charge in [-0.15, -0.1) is 5.54 Å². The van der Waals surface area contributed by atoms with Crippen LogP contribution in [0, 0.1) is 25.3 Å². The number of hydrogen-bond acceptors (Lipinski definition) is 6. The lowest BCUT2D eigenvalue weighted by atomic mass is 10.0. The molecule has 1 unspecified atom stereocenters. The van der Waals surface area contributed by atoms with Crippen molar-refractivity contribution in [3.05, 3.63) is 35.5 Å². The monoisotopic (exact) mass is 565 g/mol. The minimum Gasteiger partial charge on any atom is -0.444 e. The van der Waals surface area contributed by atoms with Crippen LogP contribution in [0.3, 0.4) is 0 Å². The molecule has 2 rings (SSSR count). The first-order chi connectivity index (χ1) is 18.4. The maximum absolute atomic E-state index is 13.1. The number of likely N-dealkylation sites (N-methyl/N-ethyl adjacent to an activating group) is 1. The van der Waals surface area contributed by atoms with Gasteiger partial charge in [0.15, 0.2) is 0 Å². The quantitative estimate of drug-likeness (QED) is 0.289. The highest BCUT2D eigenvalue weighted by atomic mass is 28.3. The third kappa shape index (κ3) is 7.48. The SMILES string of the molecule is Cc1ncnc(C)c1-c1ccc(NC(=O)C(C)N(C)C(=O)OC(C)(C)C)nc1C#C[Si](C(C)C)(C(C)C)C(C)C. The minimum absolute atomic E-state index is 0.362. The van der Waals surface area contributed by atoms with Gasteiger partial charge < -0.3 is 10.1 Å². The Morgan fingerprint density at radius 2 is 1.48 bits per heavy atom. The summed E-state index contributed by atoms with van der Waals surface area (Å²) in [6.07, 6.45) is 0.982. The molecule has 9 heteroatoms.